The van der Waals surface area contributed by atoms with E-state index in [1.54, 1.807) is 0 Å². The van der Waals surface area contributed by atoms with Crippen molar-refractivity contribution < 1.29 is 9.53 Å². The summed E-state index contributed by atoms with van der Waals surface area (Å²) >= 11 is 0. The lowest BCUT2D eigenvalue weighted by Gasteiger charge is -1.93. The molecule has 41 valence electrons. The van der Waals surface area contributed by atoms with Crippen molar-refractivity contribution in [1.29, 1.82) is 0 Å². The zero-order valence-corrected chi connectivity index (χ0v) is 4.02. The van der Waals surface area contributed by atoms with Crippen LogP contribution >= 0.6 is 0 Å². The van der Waals surface area contributed by atoms with Gasteiger partial charge < -0.3 is 10.5 Å². The molecule has 0 heterocycles. The highest BCUT2D eigenvalue weighted by molar-refractivity contribution is 5.64. The summed E-state index contributed by atoms with van der Waals surface area (Å²) in [5, 5.41) is 0. The van der Waals surface area contributed by atoms with Crippen LogP contribution in [-0.4, -0.2) is 12.7 Å². The normalized spacial score (nSPS) is 8.14. The van der Waals surface area contributed by atoms with Crippen LogP contribution in [-0.2, 0) is 4.74 Å². The van der Waals surface area contributed by atoms with E-state index < -0.39 is 6.09 Å². The molecule has 1 radical (unpaired) electrons. The van der Waals surface area contributed by atoms with Gasteiger partial charge >= 0.3 is 6.09 Å². The summed E-state index contributed by atoms with van der Waals surface area (Å²) in [6.45, 7) is 3.74. The van der Waals surface area contributed by atoms with Gasteiger partial charge in [0.25, 0.3) is 0 Å². The Labute approximate surface area is 42.4 Å². The van der Waals surface area contributed by atoms with Crippen LogP contribution in [0.1, 0.15) is 6.42 Å². The molecule has 7 heavy (non-hydrogen) atoms. The smallest absolute Gasteiger partial charge is 0.404 e. The fourth-order valence-electron chi connectivity index (χ4n) is 0.173. The summed E-state index contributed by atoms with van der Waals surface area (Å²) in [5.74, 6) is 0. The van der Waals surface area contributed by atoms with Gasteiger partial charge in [0.15, 0.2) is 0 Å². The molecule has 0 aliphatic heterocycles. The Bertz CT molecular complexity index is 62.7. The summed E-state index contributed by atoms with van der Waals surface area (Å²) in [5.41, 5.74) is 4.59. The molecular formula is C4H8NO2. The highest BCUT2D eigenvalue weighted by atomic mass is 16.5. The van der Waals surface area contributed by atoms with Gasteiger partial charge in [0.2, 0.25) is 0 Å². The fourth-order valence-corrected chi connectivity index (χ4v) is 0.173. The predicted molar refractivity (Wildman–Crippen MR) is 25.5 cm³/mol. The van der Waals surface area contributed by atoms with Crippen molar-refractivity contribution in [2.75, 3.05) is 6.61 Å². The number of ether oxygens (including phenoxy) is 1. The third kappa shape index (κ3) is 5.27. The maximum atomic E-state index is 9.73. The molecule has 0 unspecified atom stereocenters. The average Bonchev–Trinajstić information content (AvgIpc) is 1.61. The minimum Gasteiger partial charge on any atom is -0.450 e. The van der Waals surface area contributed by atoms with Crippen LogP contribution in [0.3, 0.4) is 0 Å². The van der Waals surface area contributed by atoms with Crippen LogP contribution in [0.4, 0.5) is 4.79 Å². The van der Waals surface area contributed by atoms with E-state index in [0.717, 1.165) is 0 Å². The van der Waals surface area contributed by atoms with Gasteiger partial charge in [-0.1, -0.05) is 0 Å². The lowest BCUT2D eigenvalue weighted by Crippen LogP contribution is -2.13. The Morgan fingerprint density at radius 2 is 2.43 bits per heavy atom. The third-order valence-electron chi connectivity index (χ3n) is 0.389. The second kappa shape index (κ2) is 3.46. The maximum absolute atomic E-state index is 9.73. The average molecular weight is 102 g/mol. The van der Waals surface area contributed by atoms with Crippen molar-refractivity contribution in [3.63, 3.8) is 0 Å². The highest BCUT2D eigenvalue weighted by Gasteiger charge is 1.86. The molecule has 3 heteroatoms. The van der Waals surface area contributed by atoms with Crippen LogP contribution in [0, 0.1) is 6.92 Å². The summed E-state index contributed by atoms with van der Waals surface area (Å²) < 4.78 is 4.27. The van der Waals surface area contributed by atoms with Crippen molar-refractivity contribution in [3.05, 3.63) is 6.92 Å². The van der Waals surface area contributed by atoms with Crippen LogP contribution in [0.2, 0.25) is 0 Å². The Balaban J connectivity index is 2.82. The second-order valence-corrected chi connectivity index (χ2v) is 1.02. The predicted octanol–water partition coefficient (Wildman–Crippen LogP) is 0.306. The third-order valence-corrected chi connectivity index (χ3v) is 0.389. The quantitative estimate of drug-likeness (QED) is 0.545. The zero-order valence-electron chi connectivity index (χ0n) is 4.02. The molecule has 1 amide bonds. The van der Waals surface area contributed by atoms with Crippen molar-refractivity contribution >= 4 is 6.09 Å². The van der Waals surface area contributed by atoms with Gasteiger partial charge in [0.1, 0.15) is 0 Å². The van der Waals surface area contributed by atoms with Crippen LogP contribution in [0.5, 0.6) is 0 Å². The van der Waals surface area contributed by atoms with Crippen LogP contribution < -0.4 is 5.73 Å². The standard InChI is InChI=1S/C4H8NO2/c1-2-3-7-4(5)6/h1-3H2,(H2,5,6). The van der Waals surface area contributed by atoms with Crippen molar-refractivity contribution in [3.8, 4) is 0 Å². The minimum atomic E-state index is -0.733. The summed E-state index contributed by atoms with van der Waals surface area (Å²) in [7, 11) is 0. The first-order valence-electron chi connectivity index (χ1n) is 1.99. The summed E-state index contributed by atoms with van der Waals surface area (Å²) in [6, 6.07) is 0. The Hall–Kier alpha value is -0.730. The number of carbonyl (C=O) groups is 1. The number of carbonyl (C=O) groups excluding carboxylic acids is 1. The number of nitrogens with two attached hydrogens (primary N) is 1. The molecule has 0 aromatic heterocycles. The van der Waals surface area contributed by atoms with Gasteiger partial charge in [0, 0.05) is 0 Å². The second-order valence-electron chi connectivity index (χ2n) is 1.02. The van der Waals surface area contributed by atoms with Gasteiger partial charge in [-0.25, -0.2) is 4.79 Å². The summed E-state index contributed by atoms with van der Waals surface area (Å²) in [4.78, 5) is 9.73. The first-order chi connectivity index (χ1) is 3.27. The van der Waals surface area contributed by atoms with E-state index in [2.05, 4.69) is 17.4 Å². The Morgan fingerprint density at radius 1 is 1.86 bits per heavy atom. The van der Waals surface area contributed by atoms with Crippen molar-refractivity contribution in [1.82, 2.24) is 0 Å². The van der Waals surface area contributed by atoms with E-state index >= 15 is 0 Å². The molecule has 0 bridgehead atoms. The van der Waals surface area contributed by atoms with E-state index in [0.29, 0.717) is 13.0 Å². The van der Waals surface area contributed by atoms with E-state index in [1.807, 2.05) is 0 Å². The largest absolute Gasteiger partial charge is 0.450 e. The molecule has 3 nitrogen and oxygen atoms in total. The number of hydrogen-bond donors (Lipinski definition) is 1. The molecule has 0 saturated carbocycles. The molecule has 0 rings (SSSR count). The maximum Gasteiger partial charge on any atom is 0.404 e. The number of primary amides is 1. The van der Waals surface area contributed by atoms with Crippen molar-refractivity contribution in [2.24, 2.45) is 5.73 Å². The fraction of sp³-hybridized carbons (Fsp3) is 0.500. The molecule has 0 saturated heterocycles. The van der Waals surface area contributed by atoms with Gasteiger partial charge in [-0.2, -0.15) is 0 Å². The molecule has 0 aliphatic carbocycles. The lowest BCUT2D eigenvalue weighted by molar-refractivity contribution is 0.158. The number of hydrogen-bond acceptors (Lipinski definition) is 2. The first-order valence-corrected chi connectivity index (χ1v) is 1.99. The minimum absolute atomic E-state index is 0.315. The van der Waals surface area contributed by atoms with E-state index in [9.17, 15) is 4.79 Å². The molecule has 0 spiro atoms. The number of rotatable bonds is 2. The summed E-state index contributed by atoms with van der Waals surface area (Å²) in [6.07, 6.45) is -0.160. The lowest BCUT2D eigenvalue weighted by atomic mass is 10.5. The highest BCUT2D eigenvalue weighted by Crippen LogP contribution is 1.76. The Kier molecular flexibility index (Phi) is 3.10. The van der Waals surface area contributed by atoms with Crippen LogP contribution in [0.25, 0.3) is 0 Å². The molecule has 0 fully saturated rings. The first kappa shape index (κ1) is 6.27. The SMILES string of the molecule is [CH2]CCOC(N)=O. The molecule has 0 atom stereocenters. The molecule has 0 aromatic carbocycles. The zero-order chi connectivity index (χ0) is 5.70. The number of amides is 1. The van der Waals surface area contributed by atoms with Gasteiger partial charge in [-0.3, -0.25) is 0 Å². The van der Waals surface area contributed by atoms with Gasteiger partial charge in [-0.05, 0) is 13.3 Å². The van der Waals surface area contributed by atoms with E-state index in [-0.39, 0.29) is 0 Å². The Morgan fingerprint density at radius 3 is 2.57 bits per heavy atom. The van der Waals surface area contributed by atoms with Gasteiger partial charge in [0.05, 0.1) is 6.61 Å². The van der Waals surface area contributed by atoms with Crippen molar-refractivity contribution in [2.45, 2.75) is 6.42 Å². The van der Waals surface area contributed by atoms with E-state index in [4.69, 9.17) is 0 Å². The topological polar surface area (TPSA) is 52.3 Å². The monoisotopic (exact) mass is 102 g/mol. The van der Waals surface area contributed by atoms with Gasteiger partial charge in [-0.15, -0.1) is 0 Å². The molecular weight excluding hydrogens is 94.0 g/mol. The molecule has 0 aromatic rings. The molecule has 2 N–H and O–H groups in total. The van der Waals surface area contributed by atoms with E-state index in [1.165, 1.54) is 0 Å². The van der Waals surface area contributed by atoms with Crippen LogP contribution in [0.15, 0.2) is 0 Å². The molecule has 0 aliphatic rings.